The van der Waals surface area contributed by atoms with Gasteiger partial charge in [0.25, 0.3) is 10.1 Å². The first-order valence-corrected chi connectivity index (χ1v) is 12.0. The number of fused-ring (bicyclic) bond motifs is 1. The zero-order chi connectivity index (χ0) is 23.0. The van der Waals surface area contributed by atoms with Crippen molar-refractivity contribution in [3.8, 4) is 11.5 Å². The molecule has 1 aliphatic carbocycles. The van der Waals surface area contributed by atoms with Crippen molar-refractivity contribution < 1.29 is 27.6 Å². The van der Waals surface area contributed by atoms with Gasteiger partial charge in [-0.25, -0.2) is 0 Å². The molecule has 0 unspecified atom stereocenters. The minimum atomic E-state index is -4.27. The van der Waals surface area contributed by atoms with E-state index < -0.39 is 15.7 Å². The Balaban J connectivity index is 1.95. The van der Waals surface area contributed by atoms with E-state index in [2.05, 4.69) is 13.8 Å². The van der Waals surface area contributed by atoms with E-state index in [1.54, 1.807) is 20.3 Å². The third-order valence-corrected chi connectivity index (χ3v) is 7.35. The van der Waals surface area contributed by atoms with Crippen LogP contribution in [0.2, 0.25) is 0 Å². The summed E-state index contributed by atoms with van der Waals surface area (Å²) in [6.07, 6.45) is 2.33. The Hall–Kier alpha value is -2.09. The Bertz CT molecular complexity index is 1060. The average molecular weight is 449 g/mol. The molecule has 0 radical (unpaired) electrons. The quantitative estimate of drug-likeness (QED) is 0.613. The van der Waals surface area contributed by atoms with Crippen LogP contribution >= 0.6 is 0 Å². The van der Waals surface area contributed by atoms with E-state index in [0.717, 1.165) is 28.7 Å². The molecule has 0 saturated heterocycles. The maximum absolute atomic E-state index is 11.8. The number of hydrogen-bond donors (Lipinski definition) is 2. The van der Waals surface area contributed by atoms with Crippen LogP contribution in [0.25, 0.3) is 0 Å². The van der Waals surface area contributed by atoms with E-state index in [0.29, 0.717) is 30.8 Å². The predicted molar refractivity (Wildman–Crippen MR) is 120 cm³/mol. The van der Waals surface area contributed by atoms with Gasteiger partial charge in [0.05, 0.1) is 24.7 Å². The zero-order valence-electron chi connectivity index (χ0n) is 18.8. The van der Waals surface area contributed by atoms with Gasteiger partial charge in [-0.15, -0.1) is 0 Å². The molecule has 6 nitrogen and oxygen atoms in total. The highest BCUT2D eigenvalue weighted by Crippen LogP contribution is 2.48. The summed E-state index contributed by atoms with van der Waals surface area (Å²) in [5, 5.41) is 11.8. The molecule has 2 aromatic rings. The van der Waals surface area contributed by atoms with Crippen LogP contribution < -0.4 is 9.47 Å². The first-order valence-electron chi connectivity index (χ1n) is 10.5. The van der Waals surface area contributed by atoms with Gasteiger partial charge in [0.2, 0.25) is 0 Å². The number of rotatable bonds is 7. The third kappa shape index (κ3) is 4.73. The minimum absolute atomic E-state index is 0.0962. The van der Waals surface area contributed by atoms with Crippen LogP contribution in [0.4, 0.5) is 0 Å². The van der Waals surface area contributed by atoms with Crippen molar-refractivity contribution in [2.75, 3.05) is 14.2 Å². The fourth-order valence-corrected chi connectivity index (χ4v) is 5.46. The molecule has 7 heteroatoms. The summed E-state index contributed by atoms with van der Waals surface area (Å²) in [7, 11) is -1.04. The van der Waals surface area contributed by atoms with Crippen molar-refractivity contribution in [3.63, 3.8) is 0 Å². The van der Waals surface area contributed by atoms with Gasteiger partial charge in [-0.05, 0) is 85.0 Å². The molecule has 2 aromatic carbocycles. The van der Waals surface area contributed by atoms with Gasteiger partial charge < -0.3 is 14.6 Å². The summed E-state index contributed by atoms with van der Waals surface area (Å²) in [5.74, 6) is 1.42. The number of benzene rings is 2. The van der Waals surface area contributed by atoms with E-state index in [9.17, 15) is 18.1 Å². The Morgan fingerprint density at radius 1 is 1.13 bits per heavy atom. The second-order valence-corrected chi connectivity index (χ2v) is 10.2. The number of aryl methyl sites for hydroxylation is 3. The van der Waals surface area contributed by atoms with Gasteiger partial charge in [-0.2, -0.15) is 8.42 Å². The van der Waals surface area contributed by atoms with Crippen molar-refractivity contribution in [3.05, 3.63) is 52.6 Å². The Morgan fingerprint density at radius 3 is 2.35 bits per heavy atom. The Kier molecular flexibility index (Phi) is 6.69. The molecule has 0 saturated carbocycles. The second kappa shape index (κ2) is 8.81. The molecule has 170 valence electrons. The Morgan fingerprint density at radius 2 is 1.77 bits per heavy atom. The summed E-state index contributed by atoms with van der Waals surface area (Å²) < 4.78 is 43.4. The molecule has 0 heterocycles. The molecule has 3 rings (SSSR count). The lowest BCUT2D eigenvalue weighted by Gasteiger charge is -2.44. The van der Waals surface area contributed by atoms with Gasteiger partial charge in [0.1, 0.15) is 0 Å². The van der Waals surface area contributed by atoms with Crippen LogP contribution in [0.1, 0.15) is 54.9 Å². The van der Waals surface area contributed by atoms with Crippen LogP contribution in [-0.2, 0) is 23.0 Å². The summed E-state index contributed by atoms with van der Waals surface area (Å²) in [5.41, 5.74) is 3.03. The fourth-order valence-electron chi connectivity index (χ4n) is 4.93. The van der Waals surface area contributed by atoms with Crippen molar-refractivity contribution in [2.45, 2.75) is 62.9 Å². The van der Waals surface area contributed by atoms with Crippen LogP contribution in [0, 0.1) is 12.8 Å². The number of aliphatic hydroxyl groups is 1. The van der Waals surface area contributed by atoms with Crippen LogP contribution in [0.15, 0.2) is 35.2 Å². The van der Waals surface area contributed by atoms with E-state index >= 15 is 0 Å². The Labute approximate surface area is 185 Å². The van der Waals surface area contributed by atoms with Gasteiger partial charge >= 0.3 is 0 Å². The van der Waals surface area contributed by atoms with E-state index in [1.165, 1.54) is 12.1 Å². The second-order valence-electron chi connectivity index (χ2n) is 8.79. The molecule has 0 aromatic heterocycles. The maximum Gasteiger partial charge on any atom is 0.294 e. The number of ether oxygens (including phenoxy) is 2. The van der Waals surface area contributed by atoms with Crippen molar-refractivity contribution >= 4 is 10.1 Å². The normalized spacial score (nSPS) is 21.1. The summed E-state index contributed by atoms with van der Waals surface area (Å²) in [4.78, 5) is -0.119. The zero-order valence-corrected chi connectivity index (χ0v) is 19.6. The molecule has 0 aliphatic heterocycles. The highest BCUT2D eigenvalue weighted by molar-refractivity contribution is 7.85. The largest absolute Gasteiger partial charge is 0.493 e. The lowest BCUT2D eigenvalue weighted by Crippen LogP contribution is -2.43. The average Bonchev–Trinajstić information content (AvgIpc) is 2.70. The van der Waals surface area contributed by atoms with E-state index in [1.807, 2.05) is 19.1 Å². The number of hydrogen-bond acceptors (Lipinski definition) is 5. The smallest absolute Gasteiger partial charge is 0.294 e. The first-order chi connectivity index (χ1) is 14.5. The molecule has 31 heavy (non-hydrogen) atoms. The molecular formula is C24H32O6S. The standard InChI is InChI=1S/C24H32O6S/c1-15(2)23-20-14-22(30-5)21(29-4)13-18(20)9-11-24(23,25)10-8-17-12-19(31(26,27)28)7-6-16(17)3/h6-7,12-15,23,25H,8-11H2,1-5H3,(H,26,27,28)/t23-,24-/m0/s1. The van der Waals surface area contributed by atoms with Crippen LogP contribution in [-0.4, -0.2) is 37.9 Å². The summed E-state index contributed by atoms with van der Waals surface area (Å²) in [6.45, 7) is 6.11. The van der Waals surface area contributed by atoms with Crippen molar-refractivity contribution in [1.29, 1.82) is 0 Å². The van der Waals surface area contributed by atoms with Crippen molar-refractivity contribution in [1.82, 2.24) is 0 Å². The predicted octanol–water partition coefficient (Wildman–Crippen LogP) is 4.31. The van der Waals surface area contributed by atoms with Gasteiger partial charge in [0, 0.05) is 5.92 Å². The highest BCUT2D eigenvalue weighted by Gasteiger charge is 2.43. The third-order valence-electron chi connectivity index (χ3n) is 6.50. The fraction of sp³-hybridized carbons (Fsp3) is 0.500. The SMILES string of the molecule is COc1cc2c(cc1OC)[C@H](C(C)C)[C@](O)(CCc1cc(S(=O)(=O)O)ccc1C)CC2. The molecule has 0 spiro atoms. The maximum atomic E-state index is 11.8. The summed E-state index contributed by atoms with van der Waals surface area (Å²) >= 11 is 0. The topological polar surface area (TPSA) is 93.1 Å². The summed E-state index contributed by atoms with van der Waals surface area (Å²) in [6, 6.07) is 8.57. The minimum Gasteiger partial charge on any atom is -0.493 e. The molecule has 0 amide bonds. The van der Waals surface area contributed by atoms with Gasteiger partial charge in [-0.3, -0.25) is 4.55 Å². The van der Waals surface area contributed by atoms with Gasteiger partial charge in [0.15, 0.2) is 11.5 Å². The molecular weight excluding hydrogens is 416 g/mol. The first kappa shape index (κ1) is 23.6. The van der Waals surface area contributed by atoms with E-state index in [4.69, 9.17) is 9.47 Å². The molecule has 2 N–H and O–H groups in total. The van der Waals surface area contributed by atoms with Crippen LogP contribution in [0.3, 0.4) is 0 Å². The van der Waals surface area contributed by atoms with Crippen molar-refractivity contribution in [2.24, 2.45) is 5.92 Å². The highest BCUT2D eigenvalue weighted by atomic mass is 32.2. The lowest BCUT2D eigenvalue weighted by atomic mass is 9.65. The van der Waals surface area contributed by atoms with Crippen LogP contribution in [0.5, 0.6) is 11.5 Å². The van der Waals surface area contributed by atoms with Gasteiger partial charge in [-0.1, -0.05) is 19.9 Å². The monoisotopic (exact) mass is 448 g/mol. The molecule has 1 aliphatic rings. The molecule has 0 fully saturated rings. The molecule has 0 bridgehead atoms. The lowest BCUT2D eigenvalue weighted by molar-refractivity contribution is -0.0245. The number of methoxy groups -OCH3 is 2. The molecule has 2 atom stereocenters. The van der Waals surface area contributed by atoms with E-state index in [-0.39, 0.29) is 16.7 Å².